The van der Waals surface area contributed by atoms with Crippen molar-refractivity contribution in [2.24, 2.45) is 0 Å². The largest absolute Gasteiger partial charge is 0.421 e. The number of anilines is 1. The normalized spacial score (nSPS) is 10.4. The Bertz CT molecular complexity index is 911. The predicted molar refractivity (Wildman–Crippen MR) is 92.4 cm³/mol. The summed E-state index contributed by atoms with van der Waals surface area (Å²) in [5, 5.41) is 2.74. The highest BCUT2D eigenvalue weighted by Crippen LogP contribution is 2.21. The number of amides is 1. The zero-order valence-corrected chi connectivity index (χ0v) is 13.8. The summed E-state index contributed by atoms with van der Waals surface area (Å²) < 4.78 is 18.8. The van der Waals surface area contributed by atoms with Crippen molar-refractivity contribution >= 4 is 11.6 Å². The minimum absolute atomic E-state index is 0.00478. The lowest BCUT2D eigenvalue weighted by atomic mass is 10.1. The fourth-order valence-electron chi connectivity index (χ4n) is 2.24. The summed E-state index contributed by atoms with van der Waals surface area (Å²) in [7, 11) is 0. The second kappa shape index (κ2) is 7.09. The number of nitrogens with one attached hydrogen (secondary N) is 1. The summed E-state index contributed by atoms with van der Waals surface area (Å²) in [5.74, 6) is -0.708. The van der Waals surface area contributed by atoms with Crippen molar-refractivity contribution < 1.29 is 13.9 Å². The zero-order valence-electron chi connectivity index (χ0n) is 13.8. The van der Waals surface area contributed by atoms with Crippen molar-refractivity contribution in [2.45, 2.75) is 13.8 Å². The molecule has 1 N–H and O–H groups in total. The Balaban J connectivity index is 1.71. The molecule has 3 aromatic rings. The third kappa shape index (κ3) is 3.98. The van der Waals surface area contributed by atoms with Crippen LogP contribution in [0, 0.1) is 19.7 Å². The third-order valence-corrected chi connectivity index (χ3v) is 3.56. The van der Waals surface area contributed by atoms with Crippen LogP contribution in [0.4, 0.5) is 10.1 Å². The number of para-hydroxylation sites is 1. The molecule has 126 valence electrons. The Hall–Kier alpha value is -3.28. The monoisotopic (exact) mass is 337 g/mol. The molecule has 0 radical (unpaired) electrons. The molecule has 0 spiro atoms. The van der Waals surface area contributed by atoms with E-state index in [-0.39, 0.29) is 17.7 Å². The number of halogens is 1. The smallest absolute Gasteiger partial charge is 0.322 e. The first-order valence-corrected chi connectivity index (χ1v) is 7.66. The lowest BCUT2D eigenvalue weighted by Crippen LogP contribution is -2.14. The standard InChI is InChI=1S/C19H16FN3O2/c1-12-7-8-13(2)15(9-12)18(24)23-14-10-21-19(22-11-14)25-17-6-4-3-5-16(17)20/h3-11H,1-2H3,(H,23,24). The maximum Gasteiger partial charge on any atom is 0.322 e. The first-order chi connectivity index (χ1) is 12.0. The molecular formula is C19H16FN3O2. The van der Waals surface area contributed by atoms with Crippen LogP contribution in [-0.4, -0.2) is 15.9 Å². The SMILES string of the molecule is Cc1ccc(C)c(C(=O)Nc2cnc(Oc3ccccc3F)nc2)c1. The quantitative estimate of drug-likeness (QED) is 0.772. The van der Waals surface area contributed by atoms with Crippen LogP contribution in [0.3, 0.4) is 0 Å². The number of benzene rings is 2. The second-order valence-electron chi connectivity index (χ2n) is 5.56. The third-order valence-electron chi connectivity index (χ3n) is 3.56. The van der Waals surface area contributed by atoms with Gasteiger partial charge < -0.3 is 10.1 Å². The highest BCUT2D eigenvalue weighted by Gasteiger charge is 2.11. The van der Waals surface area contributed by atoms with E-state index in [2.05, 4.69) is 15.3 Å². The molecule has 3 rings (SSSR count). The molecule has 0 aliphatic rings. The van der Waals surface area contributed by atoms with Gasteiger partial charge in [0.1, 0.15) is 0 Å². The molecule has 0 fully saturated rings. The van der Waals surface area contributed by atoms with Crippen LogP contribution in [0.15, 0.2) is 54.9 Å². The number of nitrogens with zero attached hydrogens (tertiary/aromatic N) is 2. The van der Waals surface area contributed by atoms with E-state index in [1.54, 1.807) is 12.1 Å². The van der Waals surface area contributed by atoms with Crippen molar-refractivity contribution in [3.05, 3.63) is 77.4 Å². The van der Waals surface area contributed by atoms with Crippen molar-refractivity contribution in [1.82, 2.24) is 9.97 Å². The van der Waals surface area contributed by atoms with Crippen molar-refractivity contribution in [3.8, 4) is 11.8 Å². The van der Waals surface area contributed by atoms with Crippen LogP contribution in [-0.2, 0) is 0 Å². The minimum Gasteiger partial charge on any atom is -0.421 e. The molecule has 1 aromatic heterocycles. The Labute approximate surface area is 144 Å². The van der Waals surface area contributed by atoms with Crippen LogP contribution < -0.4 is 10.1 Å². The first kappa shape index (κ1) is 16.6. The van der Waals surface area contributed by atoms with Gasteiger partial charge in [-0.1, -0.05) is 29.8 Å². The number of hydrogen-bond donors (Lipinski definition) is 1. The van der Waals surface area contributed by atoms with E-state index in [1.165, 1.54) is 24.5 Å². The number of aromatic nitrogens is 2. The fourth-order valence-corrected chi connectivity index (χ4v) is 2.24. The summed E-state index contributed by atoms with van der Waals surface area (Å²) in [6, 6.07) is 11.6. The second-order valence-corrected chi connectivity index (χ2v) is 5.56. The molecule has 0 saturated carbocycles. The number of ether oxygens (including phenoxy) is 1. The summed E-state index contributed by atoms with van der Waals surface area (Å²) >= 11 is 0. The molecule has 6 heteroatoms. The Morgan fingerprint density at radius 3 is 2.52 bits per heavy atom. The molecule has 0 saturated heterocycles. The number of hydrogen-bond acceptors (Lipinski definition) is 4. The average Bonchev–Trinajstić information content (AvgIpc) is 2.60. The Morgan fingerprint density at radius 2 is 1.80 bits per heavy atom. The lowest BCUT2D eigenvalue weighted by molar-refractivity contribution is 0.102. The molecule has 0 aliphatic carbocycles. The summed E-state index contributed by atoms with van der Waals surface area (Å²) in [6.07, 6.45) is 2.82. The van der Waals surface area contributed by atoms with E-state index in [0.717, 1.165) is 11.1 Å². The van der Waals surface area contributed by atoms with Gasteiger partial charge in [-0.05, 0) is 37.6 Å². The summed E-state index contributed by atoms with van der Waals surface area (Å²) in [6.45, 7) is 3.80. The van der Waals surface area contributed by atoms with Gasteiger partial charge >= 0.3 is 6.01 Å². The molecule has 1 amide bonds. The van der Waals surface area contributed by atoms with Crippen molar-refractivity contribution in [2.75, 3.05) is 5.32 Å². The van der Waals surface area contributed by atoms with E-state index in [1.807, 2.05) is 32.0 Å². The van der Waals surface area contributed by atoms with Gasteiger partial charge in [-0.15, -0.1) is 0 Å². The lowest BCUT2D eigenvalue weighted by Gasteiger charge is -2.09. The molecular weight excluding hydrogens is 321 g/mol. The Morgan fingerprint density at radius 1 is 1.08 bits per heavy atom. The maximum absolute atomic E-state index is 13.5. The van der Waals surface area contributed by atoms with Gasteiger partial charge in [0, 0.05) is 5.56 Å². The molecule has 0 atom stereocenters. The van der Waals surface area contributed by atoms with Crippen LogP contribution in [0.1, 0.15) is 21.5 Å². The van der Waals surface area contributed by atoms with E-state index < -0.39 is 5.82 Å². The van der Waals surface area contributed by atoms with Crippen molar-refractivity contribution in [3.63, 3.8) is 0 Å². The highest BCUT2D eigenvalue weighted by molar-refractivity contribution is 6.05. The fraction of sp³-hybridized carbons (Fsp3) is 0.105. The van der Waals surface area contributed by atoms with E-state index in [9.17, 15) is 9.18 Å². The van der Waals surface area contributed by atoms with Gasteiger partial charge in [-0.25, -0.2) is 14.4 Å². The van der Waals surface area contributed by atoms with Gasteiger partial charge in [0.2, 0.25) is 0 Å². The zero-order chi connectivity index (χ0) is 17.8. The molecule has 5 nitrogen and oxygen atoms in total. The van der Waals surface area contributed by atoms with Gasteiger partial charge in [0.15, 0.2) is 11.6 Å². The van der Waals surface area contributed by atoms with Crippen molar-refractivity contribution in [1.29, 1.82) is 0 Å². The van der Waals surface area contributed by atoms with Crippen LogP contribution in [0.2, 0.25) is 0 Å². The van der Waals surface area contributed by atoms with E-state index in [0.29, 0.717) is 11.3 Å². The Kier molecular flexibility index (Phi) is 4.70. The first-order valence-electron chi connectivity index (χ1n) is 7.66. The summed E-state index contributed by atoms with van der Waals surface area (Å²) in [5.41, 5.74) is 2.89. The topological polar surface area (TPSA) is 64.1 Å². The minimum atomic E-state index is -0.501. The molecule has 0 unspecified atom stereocenters. The number of carbonyl (C=O) groups is 1. The number of carbonyl (C=O) groups excluding carboxylic acids is 1. The molecule has 1 heterocycles. The molecule has 2 aromatic carbocycles. The van der Waals surface area contributed by atoms with E-state index >= 15 is 0 Å². The van der Waals surface area contributed by atoms with Gasteiger partial charge in [-0.2, -0.15) is 0 Å². The summed E-state index contributed by atoms with van der Waals surface area (Å²) in [4.78, 5) is 20.3. The number of aryl methyl sites for hydroxylation is 2. The van der Waals surface area contributed by atoms with Crippen LogP contribution >= 0.6 is 0 Å². The highest BCUT2D eigenvalue weighted by atomic mass is 19.1. The molecule has 25 heavy (non-hydrogen) atoms. The predicted octanol–water partition coefficient (Wildman–Crippen LogP) is 4.28. The maximum atomic E-state index is 13.5. The number of rotatable bonds is 4. The van der Waals surface area contributed by atoms with Gasteiger partial charge in [0.25, 0.3) is 5.91 Å². The van der Waals surface area contributed by atoms with Crippen LogP contribution in [0.25, 0.3) is 0 Å². The molecule has 0 aliphatic heterocycles. The van der Waals surface area contributed by atoms with Gasteiger partial charge in [0.05, 0.1) is 18.1 Å². The average molecular weight is 337 g/mol. The van der Waals surface area contributed by atoms with Gasteiger partial charge in [-0.3, -0.25) is 4.79 Å². The van der Waals surface area contributed by atoms with Crippen LogP contribution in [0.5, 0.6) is 11.8 Å². The van der Waals surface area contributed by atoms with E-state index in [4.69, 9.17) is 4.74 Å². The molecule has 0 bridgehead atoms.